The van der Waals surface area contributed by atoms with Crippen molar-refractivity contribution in [2.45, 2.75) is 32.6 Å². The maximum Gasteiger partial charge on any atom is 0.0459 e. The second-order valence-corrected chi connectivity index (χ2v) is 3.45. The first-order valence-corrected chi connectivity index (χ1v) is 4.08. The highest BCUT2D eigenvalue weighted by atomic mass is 14.7. The molecule has 0 atom stereocenters. The van der Waals surface area contributed by atoms with Gasteiger partial charge in [-0.15, -0.1) is 0 Å². The molecule has 0 spiro atoms. The van der Waals surface area contributed by atoms with E-state index in [1.54, 1.807) is 0 Å². The molecule has 0 saturated carbocycles. The van der Waals surface area contributed by atoms with Crippen LogP contribution >= 0.6 is 0 Å². The summed E-state index contributed by atoms with van der Waals surface area (Å²) < 4.78 is 0. The molecule has 0 aliphatic rings. The number of aromatic nitrogens is 1. The summed E-state index contributed by atoms with van der Waals surface area (Å²) >= 11 is 0. The van der Waals surface area contributed by atoms with E-state index in [2.05, 4.69) is 31.8 Å². The van der Waals surface area contributed by atoms with Crippen molar-refractivity contribution in [1.82, 2.24) is 4.98 Å². The molecule has 1 nitrogen and oxygen atoms in total. The summed E-state index contributed by atoms with van der Waals surface area (Å²) in [4.78, 5) is 4.32. The Bertz CT molecular complexity index is 214. The first kappa shape index (κ1) is 8.25. The zero-order valence-corrected chi connectivity index (χ0v) is 7.46. The van der Waals surface area contributed by atoms with Gasteiger partial charge in [0.15, 0.2) is 0 Å². The molecular formula is C10H15N. The molecule has 0 radical (unpaired) electrons. The van der Waals surface area contributed by atoms with E-state index in [-0.39, 0.29) is 5.41 Å². The Morgan fingerprint density at radius 2 is 2.09 bits per heavy atom. The van der Waals surface area contributed by atoms with E-state index in [4.69, 9.17) is 0 Å². The normalized spacial score (nSPS) is 11.5. The monoisotopic (exact) mass is 149 g/mol. The van der Waals surface area contributed by atoms with Crippen LogP contribution < -0.4 is 0 Å². The van der Waals surface area contributed by atoms with Gasteiger partial charge in [-0.1, -0.05) is 26.8 Å². The number of pyridine rings is 1. The van der Waals surface area contributed by atoms with Gasteiger partial charge in [-0.2, -0.15) is 0 Å². The fraction of sp³-hybridized carbons (Fsp3) is 0.500. The second kappa shape index (κ2) is 3.04. The van der Waals surface area contributed by atoms with E-state index in [9.17, 15) is 0 Å². The van der Waals surface area contributed by atoms with Crippen LogP contribution in [-0.2, 0) is 5.41 Å². The van der Waals surface area contributed by atoms with Crippen molar-refractivity contribution in [2.24, 2.45) is 0 Å². The average molecular weight is 149 g/mol. The topological polar surface area (TPSA) is 12.9 Å². The Morgan fingerprint density at radius 3 is 2.55 bits per heavy atom. The molecule has 1 heterocycles. The first-order chi connectivity index (χ1) is 5.17. The smallest absolute Gasteiger partial charge is 0.0459 e. The molecule has 1 heteroatoms. The van der Waals surface area contributed by atoms with Gasteiger partial charge in [0.25, 0.3) is 0 Å². The molecule has 11 heavy (non-hydrogen) atoms. The van der Waals surface area contributed by atoms with E-state index in [1.807, 2.05) is 18.3 Å². The third-order valence-corrected chi connectivity index (χ3v) is 2.24. The van der Waals surface area contributed by atoms with Gasteiger partial charge in [-0.3, -0.25) is 4.98 Å². The van der Waals surface area contributed by atoms with Crippen molar-refractivity contribution >= 4 is 0 Å². The first-order valence-electron chi connectivity index (χ1n) is 4.08. The van der Waals surface area contributed by atoms with Crippen molar-refractivity contribution in [1.29, 1.82) is 0 Å². The molecule has 0 bridgehead atoms. The van der Waals surface area contributed by atoms with Crippen LogP contribution in [0.4, 0.5) is 0 Å². The fourth-order valence-corrected chi connectivity index (χ4v) is 0.944. The summed E-state index contributed by atoms with van der Waals surface area (Å²) in [7, 11) is 0. The van der Waals surface area contributed by atoms with Crippen molar-refractivity contribution < 1.29 is 0 Å². The molecule has 0 fully saturated rings. The van der Waals surface area contributed by atoms with E-state index in [1.165, 1.54) is 5.69 Å². The summed E-state index contributed by atoms with van der Waals surface area (Å²) in [5.41, 5.74) is 1.41. The fourth-order valence-electron chi connectivity index (χ4n) is 0.944. The summed E-state index contributed by atoms with van der Waals surface area (Å²) in [5.74, 6) is 0. The molecule has 60 valence electrons. The van der Waals surface area contributed by atoms with Crippen LogP contribution in [0, 0.1) is 0 Å². The van der Waals surface area contributed by atoms with E-state index >= 15 is 0 Å². The zero-order valence-electron chi connectivity index (χ0n) is 7.46. The van der Waals surface area contributed by atoms with Gasteiger partial charge >= 0.3 is 0 Å². The predicted molar refractivity (Wildman–Crippen MR) is 47.6 cm³/mol. The van der Waals surface area contributed by atoms with Gasteiger partial charge in [0.2, 0.25) is 0 Å². The Morgan fingerprint density at radius 1 is 1.36 bits per heavy atom. The lowest BCUT2D eigenvalue weighted by Crippen LogP contribution is -2.16. The van der Waals surface area contributed by atoms with E-state index in [0.29, 0.717) is 0 Å². The maximum atomic E-state index is 4.32. The minimum atomic E-state index is 0.223. The zero-order chi connectivity index (χ0) is 8.32. The van der Waals surface area contributed by atoms with Crippen LogP contribution in [0.1, 0.15) is 32.9 Å². The molecule has 1 aromatic heterocycles. The van der Waals surface area contributed by atoms with Crippen LogP contribution in [0.5, 0.6) is 0 Å². The van der Waals surface area contributed by atoms with Crippen LogP contribution in [0.15, 0.2) is 24.4 Å². The van der Waals surface area contributed by atoms with Crippen molar-refractivity contribution in [3.63, 3.8) is 0 Å². The predicted octanol–water partition coefficient (Wildman–Crippen LogP) is 2.77. The molecule has 1 rings (SSSR count). The van der Waals surface area contributed by atoms with Crippen LogP contribution in [0.3, 0.4) is 0 Å². The lowest BCUT2D eigenvalue weighted by atomic mass is 9.86. The average Bonchev–Trinajstić information content (AvgIpc) is 2.06. The molecule has 0 saturated heterocycles. The lowest BCUT2D eigenvalue weighted by molar-refractivity contribution is 0.490. The van der Waals surface area contributed by atoms with Gasteiger partial charge < -0.3 is 0 Å². The third-order valence-electron chi connectivity index (χ3n) is 2.24. The molecular weight excluding hydrogens is 134 g/mol. The Hall–Kier alpha value is -0.850. The Balaban J connectivity index is 2.93. The Kier molecular flexibility index (Phi) is 2.28. The van der Waals surface area contributed by atoms with Gasteiger partial charge in [-0.05, 0) is 18.6 Å². The van der Waals surface area contributed by atoms with Crippen LogP contribution in [0.25, 0.3) is 0 Å². The van der Waals surface area contributed by atoms with Crippen molar-refractivity contribution in [3.8, 4) is 0 Å². The van der Waals surface area contributed by atoms with Crippen molar-refractivity contribution in [2.75, 3.05) is 0 Å². The van der Waals surface area contributed by atoms with E-state index in [0.717, 1.165) is 6.42 Å². The van der Waals surface area contributed by atoms with Crippen molar-refractivity contribution in [3.05, 3.63) is 30.1 Å². The van der Waals surface area contributed by atoms with Crippen LogP contribution in [-0.4, -0.2) is 4.98 Å². The van der Waals surface area contributed by atoms with Crippen LogP contribution in [0.2, 0.25) is 0 Å². The molecule has 0 aliphatic heterocycles. The number of rotatable bonds is 2. The second-order valence-electron chi connectivity index (χ2n) is 3.45. The highest BCUT2D eigenvalue weighted by Gasteiger charge is 2.18. The molecule has 0 unspecified atom stereocenters. The standard InChI is InChI=1S/C10H15N/c1-4-10(2,3)9-7-5-6-8-11-9/h5-8H,4H2,1-3H3. The number of hydrogen-bond acceptors (Lipinski definition) is 1. The summed E-state index contributed by atoms with van der Waals surface area (Å²) in [6.07, 6.45) is 2.98. The van der Waals surface area contributed by atoms with Gasteiger partial charge in [0.05, 0.1) is 0 Å². The summed E-state index contributed by atoms with van der Waals surface area (Å²) in [6.45, 7) is 6.62. The molecule has 1 aromatic rings. The summed E-state index contributed by atoms with van der Waals surface area (Å²) in [5, 5.41) is 0. The highest BCUT2D eigenvalue weighted by Crippen LogP contribution is 2.23. The maximum absolute atomic E-state index is 4.32. The number of nitrogens with zero attached hydrogens (tertiary/aromatic N) is 1. The quantitative estimate of drug-likeness (QED) is 0.630. The largest absolute Gasteiger partial charge is 0.261 e. The molecule has 0 N–H and O–H groups in total. The number of hydrogen-bond donors (Lipinski definition) is 0. The van der Waals surface area contributed by atoms with Gasteiger partial charge in [-0.25, -0.2) is 0 Å². The SMILES string of the molecule is CCC(C)(C)c1ccccn1. The minimum Gasteiger partial charge on any atom is -0.261 e. The van der Waals surface area contributed by atoms with Gasteiger partial charge in [0.1, 0.15) is 0 Å². The molecule has 0 aliphatic carbocycles. The molecule has 0 amide bonds. The lowest BCUT2D eigenvalue weighted by Gasteiger charge is -2.21. The summed E-state index contributed by atoms with van der Waals surface area (Å²) in [6, 6.07) is 6.08. The Labute approximate surface area is 68.5 Å². The van der Waals surface area contributed by atoms with E-state index < -0.39 is 0 Å². The van der Waals surface area contributed by atoms with Gasteiger partial charge in [0, 0.05) is 17.3 Å². The highest BCUT2D eigenvalue weighted by molar-refractivity contribution is 5.13. The molecule has 0 aromatic carbocycles. The minimum absolute atomic E-state index is 0.223. The third kappa shape index (κ3) is 1.79.